The molecule has 1 atom stereocenters. The molecule has 1 aromatic heterocycles. The van der Waals surface area contributed by atoms with Crippen molar-refractivity contribution < 1.29 is 0 Å². The van der Waals surface area contributed by atoms with Crippen LogP contribution in [0.3, 0.4) is 0 Å². The lowest BCUT2D eigenvalue weighted by molar-refractivity contribution is 0.737. The van der Waals surface area contributed by atoms with Crippen molar-refractivity contribution in [3.05, 3.63) is 52.5 Å². The lowest BCUT2D eigenvalue weighted by Gasteiger charge is -2.08. The SMILES string of the molecule is CC(N)Cc1ccc(Sc2nc3ccccc3s2)c(Br)c1. The Morgan fingerprint density at radius 2 is 2.10 bits per heavy atom. The Kier molecular flexibility index (Phi) is 4.64. The Bertz CT molecular complexity index is 735. The number of hydrogen-bond acceptors (Lipinski definition) is 4. The molecule has 0 radical (unpaired) electrons. The van der Waals surface area contributed by atoms with Gasteiger partial charge in [0.2, 0.25) is 0 Å². The Hall–Kier alpha value is -0.880. The summed E-state index contributed by atoms with van der Waals surface area (Å²) in [6.07, 6.45) is 0.894. The van der Waals surface area contributed by atoms with Gasteiger partial charge < -0.3 is 5.73 Å². The van der Waals surface area contributed by atoms with Crippen LogP contribution in [0.2, 0.25) is 0 Å². The molecule has 5 heteroatoms. The molecule has 0 aliphatic heterocycles. The van der Waals surface area contributed by atoms with Crippen LogP contribution >= 0.6 is 39.0 Å². The zero-order valence-electron chi connectivity index (χ0n) is 11.5. The number of benzene rings is 2. The van der Waals surface area contributed by atoms with Gasteiger partial charge in [-0.15, -0.1) is 11.3 Å². The minimum absolute atomic E-state index is 0.180. The van der Waals surface area contributed by atoms with Crippen molar-refractivity contribution >= 4 is 49.2 Å². The molecule has 0 spiro atoms. The summed E-state index contributed by atoms with van der Waals surface area (Å²) in [7, 11) is 0. The van der Waals surface area contributed by atoms with Crippen molar-refractivity contribution in [1.29, 1.82) is 0 Å². The molecule has 0 saturated heterocycles. The van der Waals surface area contributed by atoms with Gasteiger partial charge >= 0.3 is 0 Å². The Labute approximate surface area is 140 Å². The fraction of sp³-hybridized carbons (Fsp3) is 0.188. The number of nitrogens with zero attached hydrogens (tertiary/aromatic N) is 1. The van der Waals surface area contributed by atoms with Crippen molar-refractivity contribution in [2.75, 3.05) is 0 Å². The summed E-state index contributed by atoms with van der Waals surface area (Å²) >= 11 is 7.08. The van der Waals surface area contributed by atoms with Gasteiger partial charge in [0.25, 0.3) is 0 Å². The minimum atomic E-state index is 0.180. The van der Waals surface area contributed by atoms with E-state index in [1.165, 1.54) is 15.2 Å². The topological polar surface area (TPSA) is 38.9 Å². The van der Waals surface area contributed by atoms with Crippen LogP contribution in [-0.2, 0) is 6.42 Å². The van der Waals surface area contributed by atoms with Crippen LogP contribution in [-0.4, -0.2) is 11.0 Å². The van der Waals surface area contributed by atoms with Crippen LogP contribution in [0, 0.1) is 0 Å². The molecule has 0 aliphatic carbocycles. The molecule has 0 bridgehead atoms. The number of aromatic nitrogens is 1. The van der Waals surface area contributed by atoms with E-state index < -0.39 is 0 Å². The molecule has 3 rings (SSSR count). The summed E-state index contributed by atoms with van der Waals surface area (Å²) in [5.41, 5.74) is 8.17. The number of rotatable bonds is 4. The Morgan fingerprint density at radius 1 is 1.29 bits per heavy atom. The summed E-state index contributed by atoms with van der Waals surface area (Å²) in [6, 6.07) is 14.8. The van der Waals surface area contributed by atoms with Crippen LogP contribution < -0.4 is 5.73 Å². The number of para-hydroxylation sites is 1. The largest absolute Gasteiger partial charge is 0.328 e. The van der Waals surface area contributed by atoms with Gasteiger partial charge in [0.05, 0.1) is 10.2 Å². The van der Waals surface area contributed by atoms with Gasteiger partial charge in [-0.1, -0.05) is 30.0 Å². The average molecular weight is 379 g/mol. The van der Waals surface area contributed by atoms with Crippen LogP contribution in [0.15, 0.2) is 56.2 Å². The van der Waals surface area contributed by atoms with Gasteiger partial charge in [-0.3, -0.25) is 0 Å². The van der Waals surface area contributed by atoms with E-state index in [1.54, 1.807) is 23.1 Å². The molecular weight excluding hydrogens is 364 g/mol. The second-order valence-corrected chi connectivity index (χ2v) is 8.17. The Morgan fingerprint density at radius 3 is 2.81 bits per heavy atom. The average Bonchev–Trinajstić information content (AvgIpc) is 2.83. The molecule has 1 unspecified atom stereocenters. The van der Waals surface area contributed by atoms with E-state index in [0.29, 0.717) is 0 Å². The summed E-state index contributed by atoms with van der Waals surface area (Å²) < 4.78 is 3.39. The van der Waals surface area contributed by atoms with E-state index in [2.05, 4.69) is 51.2 Å². The third kappa shape index (κ3) is 3.66. The minimum Gasteiger partial charge on any atom is -0.328 e. The molecule has 0 amide bonds. The standard InChI is InChI=1S/C16H15BrN2S2/c1-10(18)8-11-6-7-14(12(17)9-11)20-16-19-13-4-2-3-5-15(13)21-16/h2-7,9-10H,8,18H2,1H3. The molecule has 0 fully saturated rings. The molecule has 1 heterocycles. The first kappa shape index (κ1) is 15.0. The highest BCUT2D eigenvalue weighted by Gasteiger charge is 2.09. The van der Waals surface area contributed by atoms with Gasteiger partial charge in [-0.2, -0.15) is 0 Å². The zero-order valence-corrected chi connectivity index (χ0v) is 14.8. The number of thiazole rings is 1. The fourth-order valence-corrected chi connectivity index (χ4v) is 4.81. The van der Waals surface area contributed by atoms with E-state index in [9.17, 15) is 0 Å². The van der Waals surface area contributed by atoms with E-state index in [4.69, 9.17) is 5.73 Å². The molecule has 3 aromatic rings. The smallest absolute Gasteiger partial charge is 0.155 e. The van der Waals surface area contributed by atoms with Crippen LogP contribution in [0.25, 0.3) is 10.2 Å². The summed E-state index contributed by atoms with van der Waals surface area (Å²) in [5.74, 6) is 0. The van der Waals surface area contributed by atoms with Crippen molar-refractivity contribution in [1.82, 2.24) is 4.98 Å². The van der Waals surface area contributed by atoms with Gasteiger partial charge in [0.15, 0.2) is 4.34 Å². The second-order valence-electron chi connectivity index (χ2n) is 5.00. The lowest BCUT2D eigenvalue weighted by atomic mass is 10.1. The third-order valence-corrected chi connectivity index (χ3v) is 6.12. The van der Waals surface area contributed by atoms with Crippen molar-refractivity contribution in [2.24, 2.45) is 5.73 Å². The zero-order chi connectivity index (χ0) is 14.8. The summed E-state index contributed by atoms with van der Waals surface area (Å²) in [5, 5.41) is 0. The number of hydrogen-bond donors (Lipinski definition) is 1. The molecule has 2 N–H and O–H groups in total. The molecule has 21 heavy (non-hydrogen) atoms. The van der Waals surface area contributed by atoms with Crippen LogP contribution in [0.4, 0.5) is 0 Å². The normalized spacial score (nSPS) is 12.7. The molecule has 2 aromatic carbocycles. The highest BCUT2D eigenvalue weighted by molar-refractivity contribution is 9.10. The first-order valence-corrected chi connectivity index (χ1v) is 9.12. The van der Waals surface area contributed by atoms with Crippen LogP contribution in [0.1, 0.15) is 12.5 Å². The maximum atomic E-state index is 5.85. The quantitative estimate of drug-likeness (QED) is 0.686. The van der Waals surface area contributed by atoms with Crippen molar-refractivity contribution in [3.8, 4) is 0 Å². The number of fused-ring (bicyclic) bond motifs is 1. The van der Waals surface area contributed by atoms with E-state index in [0.717, 1.165) is 20.7 Å². The second kappa shape index (κ2) is 6.48. The van der Waals surface area contributed by atoms with Gasteiger partial charge in [-0.05, 0) is 59.1 Å². The van der Waals surface area contributed by atoms with Gasteiger partial charge in [-0.25, -0.2) is 4.98 Å². The predicted octanol–water partition coefficient (Wildman–Crippen LogP) is 5.10. The monoisotopic (exact) mass is 378 g/mol. The molecule has 108 valence electrons. The third-order valence-electron chi connectivity index (χ3n) is 3.03. The van der Waals surface area contributed by atoms with Crippen molar-refractivity contribution in [3.63, 3.8) is 0 Å². The van der Waals surface area contributed by atoms with Crippen molar-refractivity contribution in [2.45, 2.75) is 28.6 Å². The number of halogens is 1. The van der Waals surface area contributed by atoms with E-state index in [-0.39, 0.29) is 6.04 Å². The highest BCUT2D eigenvalue weighted by Crippen LogP contribution is 2.38. The first-order chi connectivity index (χ1) is 10.1. The predicted molar refractivity (Wildman–Crippen MR) is 95.2 cm³/mol. The van der Waals surface area contributed by atoms with E-state index in [1.807, 2.05) is 19.1 Å². The van der Waals surface area contributed by atoms with Crippen LogP contribution in [0.5, 0.6) is 0 Å². The summed E-state index contributed by atoms with van der Waals surface area (Å²) in [4.78, 5) is 5.84. The Balaban J connectivity index is 1.84. The first-order valence-electron chi connectivity index (χ1n) is 6.69. The number of nitrogens with two attached hydrogens (primary N) is 1. The highest BCUT2D eigenvalue weighted by atomic mass is 79.9. The maximum absolute atomic E-state index is 5.85. The van der Waals surface area contributed by atoms with Gasteiger partial charge in [0.1, 0.15) is 0 Å². The molecule has 2 nitrogen and oxygen atoms in total. The maximum Gasteiger partial charge on any atom is 0.155 e. The summed E-state index contributed by atoms with van der Waals surface area (Å²) in [6.45, 7) is 2.03. The van der Waals surface area contributed by atoms with Gasteiger partial charge in [0, 0.05) is 15.4 Å². The lowest BCUT2D eigenvalue weighted by Crippen LogP contribution is -2.17. The molecule has 0 aliphatic rings. The molecular formula is C16H15BrN2S2. The van der Waals surface area contributed by atoms with E-state index >= 15 is 0 Å². The fourth-order valence-electron chi connectivity index (χ4n) is 2.11. The molecule has 0 saturated carbocycles.